The Morgan fingerprint density at radius 1 is 1.75 bits per heavy atom. The summed E-state index contributed by atoms with van der Waals surface area (Å²) in [5.74, 6) is 0. The molecule has 0 saturated carbocycles. The highest BCUT2D eigenvalue weighted by molar-refractivity contribution is 5.37. The zero-order chi connectivity index (χ0) is 5.82. The lowest BCUT2D eigenvalue weighted by atomic mass is 10.3. The maximum Gasteiger partial charge on any atom is 0.293 e. The minimum absolute atomic E-state index is 0.132. The number of nitrogens with one attached hydrogen (secondary N) is 1. The summed E-state index contributed by atoms with van der Waals surface area (Å²) in [6.07, 6.45) is 1.09. The minimum Gasteiger partial charge on any atom is -0.463 e. The third-order valence-electron chi connectivity index (χ3n) is 1.26. The van der Waals surface area contributed by atoms with E-state index in [1.165, 1.54) is 0 Å². The molecule has 3 nitrogen and oxygen atoms in total. The summed E-state index contributed by atoms with van der Waals surface area (Å²) in [6, 6.07) is 0. The molecule has 3 heteroatoms. The summed E-state index contributed by atoms with van der Waals surface area (Å²) in [6.45, 7) is 2.30. The van der Waals surface area contributed by atoms with Crippen molar-refractivity contribution in [2.45, 2.75) is 12.5 Å². The molecule has 0 aromatic heterocycles. The molecule has 1 rings (SSSR count). The molecule has 0 bridgehead atoms. The van der Waals surface area contributed by atoms with Crippen LogP contribution in [-0.4, -0.2) is 25.7 Å². The summed E-state index contributed by atoms with van der Waals surface area (Å²) < 4.78 is 4.66. The Labute approximate surface area is 48.0 Å². The van der Waals surface area contributed by atoms with Crippen molar-refractivity contribution in [3.63, 3.8) is 0 Å². The highest BCUT2D eigenvalue weighted by Crippen LogP contribution is 1.99. The lowest BCUT2D eigenvalue weighted by Crippen LogP contribution is -2.15. The van der Waals surface area contributed by atoms with E-state index in [1.54, 1.807) is 0 Å². The quantitative estimate of drug-likeness (QED) is 0.494. The number of carbonyl (C=O) groups excluding carboxylic acids is 1. The van der Waals surface area contributed by atoms with Crippen molar-refractivity contribution in [1.82, 2.24) is 5.32 Å². The van der Waals surface area contributed by atoms with Crippen LogP contribution in [0, 0.1) is 0 Å². The largest absolute Gasteiger partial charge is 0.463 e. The van der Waals surface area contributed by atoms with E-state index in [2.05, 4.69) is 10.1 Å². The highest BCUT2D eigenvalue weighted by atomic mass is 16.5. The summed E-state index contributed by atoms with van der Waals surface area (Å²) in [5.41, 5.74) is 0. The Hall–Kier alpha value is -0.570. The van der Waals surface area contributed by atoms with Gasteiger partial charge in [-0.2, -0.15) is 0 Å². The second kappa shape index (κ2) is 2.67. The molecule has 0 aromatic carbocycles. The van der Waals surface area contributed by atoms with Crippen LogP contribution in [0.15, 0.2) is 0 Å². The third kappa shape index (κ3) is 1.20. The Balaban J connectivity index is 2.14. The first kappa shape index (κ1) is 5.56. The molecule has 0 spiro atoms. The van der Waals surface area contributed by atoms with Crippen molar-refractivity contribution < 1.29 is 9.53 Å². The fourth-order valence-corrected chi connectivity index (χ4v) is 0.823. The summed E-state index contributed by atoms with van der Waals surface area (Å²) in [4.78, 5) is 9.71. The molecule has 1 atom stereocenters. The topological polar surface area (TPSA) is 38.3 Å². The van der Waals surface area contributed by atoms with Crippen molar-refractivity contribution >= 4 is 6.47 Å². The fourth-order valence-electron chi connectivity index (χ4n) is 0.823. The SMILES string of the molecule is O=COC1CCNC1. The van der Waals surface area contributed by atoms with E-state index in [0.717, 1.165) is 19.5 Å². The average molecular weight is 115 g/mol. The van der Waals surface area contributed by atoms with Gasteiger partial charge in [0.1, 0.15) is 6.10 Å². The molecule has 1 N–H and O–H groups in total. The van der Waals surface area contributed by atoms with Crippen LogP contribution >= 0.6 is 0 Å². The van der Waals surface area contributed by atoms with Gasteiger partial charge in [0, 0.05) is 6.54 Å². The molecule has 0 radical (unpaired) electrons. The maximum atomic E-state index is 9.71. The second-order valence-electron chi connectivity index (χ2n) is 1.85. The number of ether oxygens (including phenoxy) is 1. The van der Waals surface area contributed by atoms with Crippen LogP contribution in [-0.2, 0) is 9.53 Å². The van der Waals surface area contributed by atoms with Crippen LogP contribution in [0.2, 0.25) is 0 Å². The van der Waals surface area contributed by atoms with Crippen LogP contribution in [0.4, 0.5) is 0 Å². The molecule has 1 heterocycles. The molecule has 1 saturated heterocycles. The van der Waals surface area contributed by atoms with Crippen LogP contribution in [0.5, 0.6) is 0 Å². The Bertz CT molecular complexity index is 78.5. The molecule has 1 unspecified atom stereocenters. The van der Waals surface area contributed by atoms with Gasteiger partial charge in [0.15, 0.2) is 0 Å². The van der Waals surface area contributed by atoms with Gasteiger partial charge in [-0.25, -0.2) is 0 Å². The minimum atomic E-state index is 0.132. The monoisotopic (exact) mass is 115 g/mol. The van der Waals surface area contributed by atoms with Crippen molar-refractivity contribution in [2.75, 3.05) is 13.1 Å². The summed E-state index contributed by atoms with van der Waals surface area (Å²) >= 11 is 0. The fraction of sp³-hybridized carbons (Fsp3) is 0.800. The van der Waals surface area contributed by atoms with Crippen LogP contribution in [0.3, 0.4) is 0 Å². The molecular weight excluding hydrogens is 106 g/mol. The zero-order valence-corrected chi connectivity index (χ0v) is 4.59. The molecule has 0 aliphatic carbocycles. The van der Waals surface area contributed by atoms with Crippen LogP contribution in [0.1, 0.15) is 6.42 Å². The van der Waals surface area contributed by atoms with Gasteiger partial charge in [-0.15, -0.1) is 0 Å². The van der Waals surface area contributed by atoms with E-state index in [-0.39, 0.29) is 6.10 Å². The predicted molar refractivity (Wildman–Crippen MR) is 28.4 cm³/mol. The maximum absolute atomic E-state index is 9.71. The Kier molecular flexibility index (Phi) is 1.86. The highest BCUT2D eigenvalue weighted by Gasteiger charge is 2.13. The molecule has 1 fully saturated rings. The number of carbonyl (C=O) groups is 1. The first-order chi connectivity index (χ1) is 3.93. The van der Waals surface area contributed by atoms with Gasteiger partial charge in [-0.05, 0) is 13.0 Å². The molecular formula is C5H9NO2. The first-order valence-electron chi connectivity index (χ1n) is 2.73. The van der Waals surface area contributed by atoms with E-state index >= 15 is 0 Å². The smallest absolute Gasteiger partial charge is 0.293 e. The summed E-state index contributed by atoms with van der Waals surface area (Å²) in [5, 5.41) is 3.07. The van der Waals surface area contributed by atoms with E-state index < -0.39 is 0 Å². The Morgan fingerprint density at radius 2 is 2.62 bits per heavy atom. The number of hydrogen-bond acceptors (Lipinski definition) is 3. The molecule has 8 heavy (non-hydrogen) atoms. The van der Waals surface area contributed by atoms with Gasteiger partial charge >= 0.3 is 0 Å². The summed E-state index contributed by atoms with van der Waals surface area (Å²) in [7, 11) is 0. The van der Waals surface area contributed by atoms with Gasteiger partial charge in [0.05, 0.1) is 0 Å². The lowest BCUT2D eigenvalue weighted by Gasteiger charge is -2.02. The normalized spacial score (nSPS) is 27.8. The molecule has 46 valence electrons. The third-order valence-corrected chi connectivity index (χ3v) is 1.26. The molecule has 1 aliphatic rings. The van der Waals surface area contributed by atoms with Crippen molar-refractivity contribution in [3.8, 4) is 0 Å². The number of rotatable bonds is 2. The van der Waals surface area contributed by atoms with Gasteiger partial charge in [-0.3, -0.25) is 4.79 Å². The molecule has 0 aromatic rings. The van der Waals surface area contributed by atoms with Gasteiger partial charge in [0.25, 0.3) is 6.47 Å². The Morgan fingerprint density at radius 3 is 3.12 bits per heavy atom. The van der Waals surface area contributed by atoms with Crippen LogP contribution < -0.4 is 5.32 Å². The van der Waals surface area contributed by atoms with Gasteiger partial charge in [0.2, 0.25) is 0 Å². The van der Waals surface area contributed by atoms with E-state index in [9.17, 15) is 4.79 Å². The van der Waals surface area contributed by atoms with Crippen molar-refractivity contribution in [1.29, 1.82) is 0 Å². The van der Waals surface area contributed by atoms with Gasteiger partial charge < -0.3 is 10.1 Å². The first-order valence-corrected chi connectivity index (χ1v) is 2.73. The second-order valence-corrected chi connectivity index (χ2v) is 1.85. The van der Waals surface area contributed by atoms with Crippen LogP contribution in [0.25, 0.3) is 0 Å². The lowest BCUT2D eigenvalue weighted by molar-refractivity contribution is -0.132. The van der Waals surface area contributed by atoms with E-state index in [1.807, 2.05) is 0 Å². The van der Waals surface area contributed by atoms with Crippen molar-refractivity contribution in [2.24, 2.45) is 0 Å². The zero-order valence-electron chi connectivity index (χ0n) is 4.59. The number of hydrogen-bond donors (Lipinski definition) is 1. The van der Waals surface area contributed by atoms with Crippen molar-refractivity contribution in [3.05, 3.63) is 0 Å². The predicted octanol–water partition coefficient (Wildman–Crippen LogP) is -0.479. The molecule has 1 aliphatic heterocycles. The standard InChI is InChI=1S/C5H9NO2/c7-4-8-5-1-2-6-3-5/h4-6H,1-3H2. The van der Waals surface area contributed by atoms with E-state index in [0.29, 0.717) is 6.47 Å². The average Bonchev–Trinajstić information content (AvgIpc) is 2.19. The van der Waals surface area contributed by atoms with Gasteiger partial charge in [-0.1, -0.05) is 0 Å². The molecule has 0 amide bonds. The van der Waals surface area contributed by atoms with E-state index in [4.69, 9.17) is 0 Å².